The Kier molecular flexibility index (Phi) is 5.12. The minimum Gasteiger partial charge on any atom is -0.494 e. The number of halogens is 1. The highest BCUT2D eigenvalue weighted by Gasteiger charge is 1.99. The molecule has 0 spiro atoms. The molecule has 0 bridgehead atoms. The van der Waals surface area contributed by atoms with Crippen LogP contribution in [0, 0.1) is 12.7 Å². The first kappa shape index (κ1) is 12.0. The molecular formula is C12H17FO2. The number of methoxy groups -OCH3 is 1. The maximum atomic E-state index is 12.9. The van der Waals surface area contributed by atoms with Crippen molar-refractivity contribution < 1.29 is 13.9 Å². The predicted molar refractivity (Wildman–Crippen MR) is 57.7 cm³/mol. The van der Waals surface area contributed by atoms with Gasteiger partial charge in [0.1, 0.15) is 11.6 Å². The molecule has 0 aliphatic carbocycles. The summed E-state index contributed by atoms with van der Waals surface area (Å²) < 4.78 is 23.3. The summed E-state index contributed by atoms with van der Waals surface area (Å²) in [5.74, 6) is 0.535. The summed E-state index contributed by atoms with van der Waals surface area (Å²) in [5, 5.41) is 0. The average Bonchev–Trinajstić information content (AvgIpc) is 2.23. The number of ether oxygens (including phenoxy) is 2. The smallest absolute Gasteiger partial charge is 0.126 e. The Balaban J connectivity index is 2.28. The maximum absolute atomic E-state index is 12.9. The maximum Gasteiger partial charge on any atom is 0.126 e. The van der Waals surface area contributed by atoms with Crippen molar-refractivity contribution in [3.63, 3.8) is 0 Å². The number of benzene rings is 1. The SMILES string of the molecule is COCCCCOc1ccc(F)c(C)c1. The second-order valence-corrected chi connectivity index (χ2v) is 3.46. The molecule has 3 heteroatoms. The number of unbranched alkanes of at least 4 members (excludes halogenated alkanes) is 1. The van der Waals surface area contributed by atoms with Gasteiger partial charge in [-0.05, 0) is 43.5 Å². The van der Waals surface area contributed by atoms with Gasteiger partial charge in [-0.2, -0.15) is 0 Å². The summed E-state index contributed by atoms with van der Waals surface area (Å²) in [4.78, 5) is 0. The molecule has 2 nitrogen and oxygen atoms in total. The van der Waals surface area contributed by atoms with Gasteiger partial charge in [-0.15, -0.1) is 0 Å². The van der Waals surface area contributed by atoms with Gasteiger partial charge in [-0.3, -0.25) is 0 Å². The molecule has 0 N–H and O–H groups in total. The van der Waals surface area contributed by atoms with Crippen molar-refractivity contribution in [3.05, 3.63) is 29.6 Å². The topological polar surface area (TPSA) is 18.5 Å². The van der Waals surface area contributed by atoms with Gasteiger partial charge in [0.05, 0.1) is 6.61 Å². The predicted octanol–water partition coefficient (Wildman–Crippen LogP) is 2.94. The van der Waals surface area contributed by atoms with E-state index in [9.17, 15) is 4.39 Å². The lowest BCUT2D eigenvalue weighted by atomic mass is 10.2. The van der Waals surface area contributed by atoms with Gasteiger partial charge in [0.15, 0.2) is 0 Å². The van der Waals surface area contributed by atoms with E-state index >= 15 is 0 Å². The fourth-order valence-electron chi connectivity index (χ4n) is 1.25. The Bertz CT molecular complexity index is 300. The van der Waals surface area contributed by atoms with Crippen LogP contribution in [0.1, 0.15) is 18.4 Å². The lowest BCUT2D eigenvalue weighted by Crippen LogP contribution is -2.00. The first-order valence-electron chi connectivity index (χ1n) is 5.12. The van der Waals surface area contributed by atoms with E-state index in [0.717, 1.165) is 25.2 Å². The molecule has 0 radical (unpaired) electrons. The highest BCUT2D eigenvalue weighted by Crippen LogP contribution is 2.16. The van der Waals surface area contributed by atoms with Gasteiger partial charge >= 0.3 is 0 Å². The third-order valence-electron chi connectivity index (χ3n) is 2.14. The second-order valence-electron chi connectivity index (χ2n) is 3.46. The van der Waals surface area contributed by atoms with Crippen LogP contribution in [0.25, 0.3) is 0 Å². The average molecular weight is 212 g/mol. The number of hydrogen-bond donors (Lipinski definition) is 0. The van der Waals surface area contributed by atoms with Gasteiger partial charge in [0.2, 0.25) is 0 Å². The Labute approximate surface area is 90.0 Å². The Morgan fingerprint density at radius 2 is 1.93 bits per heavy atom. The molecule has 84 valence electrons. The third-order valence-corrected chi connectivity index (χ3v) is 2.14. The van der Waals surface area contributed by atoms with Crippen molar-refractivity contribution in [2.45, 2.75) is 19.8 Å². The zero-order valence-corrected chi connectivity index (χ0v) is 9.25. The lowest BCUT2D eigenvalue weighted by molar-refractivity contribution is 0.184. The largest absolute Gasteiger partial charge is 0.494 e. The molecule has 0 atom stereocenters. The van der Waals surface area contributed by atoms with E-state index in [4.69, 9.17) is 9.47 Å². The van der Waals surface area contributed by atoms with Crippen LogP contribution in [0.15, 0.2) is 18.2 Å². The molecule has 1 rings (SSSR count). The van der Waals surface area contributed by atoms with E-state index in [-0.39, 0.29) is 5.82 Å². The van der Waals surface area contributed by atoms with Gasteiger partial charge in [0.25, 0.3) is 0 Å². The zero-order chi connectivity index (χ0) is 11.1. The molecular weight excluding hydrogens is 195 g/mol. The summed E-state index contributed by atoms with van der Waals surface area (Å²) in [5.41, 5.74) is 0.615. The third kappa shape index (κ3) is 4.30. The molecule has 0 aliphatic heterocycles. The molecule has 0 aromatic heterocycles. The lowest BCUT2D eigenvalue weighted by Gasteiger charge is -2.06. The number of rotatable bonds is 6. The van der Waals surface area contributed by atoms with E-state index in [1.165, 1.54) is 6.07 Å². The van der Waals surface area contributed by atoms with E-state index in [0.29, 0.717) is 12.2 Å². The summed E-state index contributed by atoms with van der Waals surface area (Å²) in [6, 6.07) is 4.80. The zero-order valence-electron chi connectivity index (χ0n) is 9.25. The molecule has 0 amide bonds. The van der Waals surface area contributed by atoms with Gasteiger partial charge in [-0.25, -0.2) is 4.39 Å². The van der Waals surface area contributed by atoms with Crippen molar-refractivity contribution >= 4 is 0 Å². The first-order chi connectivity index (χ1) is 7.24. The highest BCUT2D eigenvalue weighted by molar-refractivity contribution is 5.28. The number of aryl methyl sites for hydroxylation is 1. The van der Waals surface area contributed by atoms with Crippen LogP contribution < -0.4 is 4.74 Å². The second kappa shape index (κ2) is 6.40. The Morgan fingerprint density at radius 3 is 2.60 bits per heavy atom. The van der Waals surface area contributed by atoms with Crippen LogP contribution in [0.4, 0.5) is 4.39 Å². The quantitative estimate of drug-likeness (QED) is 0.675. The van der Waals surface area contributed by atoms with Crippen LogP contribution in [0.2, 0.25) is 0 Å². The van der Waals surface area contributed by atoms with E-state index in [2.05, 4.69) is 0 Å². The molecule has 0 saturated heterocycles. The normalized spacial score (nSPS) is 10.3. The molecule has 0 fully saturated rings. The molecule has 0 heterocycles. The number of hydrogen-bond acceptors (Lipinski definition) is 2. The molecule has 1 aromatic carbocycles. The minimum atomic E-state index is -0.193. The Hall–Kier alpha value is -1.09. The van der Waals surface area contributed by atoms with Crippen molar-refractivity contribution in [2.75, 3.05) is 20.3 Å². The molecule has 0 saturated carbocycles. The van der Waals surface area contributed by atoms with Crippen LogP contribution in [0.3, 0.4) is 0 Å². The summed E-state index contributed by atoms with van der Waals surface area (Å²) in [7, 11) is 1.68. The van der Waals surface area contributed by atoms with Crippen molar-refractivity contribution in [1.29, 1.82) is 0 Å². The monoisotopic (exact) mass is 212 g/mol. The van der Waals surface area contributed by atoms with Crippen molar-refractivity contribution in [3.8, 4) is 5.75 Å². The minimum absolute atomic E-state index is 0.193. The van der Waals surface area contributed by atoms with E-state index in [1.54, 1.807) is 26.2 Å². The van der Waals surface area contributed by atoms with E-state index in [1.807, 2.05) is 0 Å². The Morgan fingerprint density at radius 1 is 1.20 bits per heavy atom. The van der Waals surface area contributed by atoms with Gasteiger partial charge in [-0.1, -0.05) is 0 Å². The standard InChI is InChI=1S/C12H17FO2/c1-10-9-11(5-6-12(10)13)15-8-4-3-7-14-2/h5-6,9H,3-4,7-8H2,1-2H3. The molecule has 0 aliphatic rings. The highest BCUT2D eigenvalue weighted by atomic mass is 19.1. The van der Waals surface area contributed by atoms with Crippen molar-refractivity contribution in [2.24, 2.45) is 0 Å². The van der Waals surface area contributed by atoms with Gasteiger partial charge < -0.3 is 9.47 Å². The van der Waals surface area contributed by atoms with Crippen molar-refractivity contribution in [1.82, 2.24) is 0 Å². The van der Waals surface area contributed by atoms with Crippen LogP contribution >= 0.6 is 0 Å². The summed E-state index contributed by atoms with van der Waals surface area (Å²) in [6.07, 6.45) is 1.93. The van der Waals surface area contributed by atoms with E-state index < -0.39 is 0 Å². The van der Waals surface area contributed by atoms with Gasteiger partial charge in [0, 0.05) is 13.7 Å². The van der Waals surface area contributed by atoms with Crippen LogP contribution in [-0.2, 0) is 4.74 Å². The van der Waals surface area contributed by atoms with Crippen LogP contribution in [-0.4, -0.2) is 20.3 Å². The molecule has 0 unspecified atom stereocenters. The summed E-state index contributed by atoms with van der Waals surface area (Å²) >= 11 is 0. The first-order valence-corrected chi connectivity index (χ1v) is 5.12. The fraction of sp³-hybridized carbons (Fsp3) is 0.500. The molecule has 15 heavy (non-hydrogen) atoms. The van der Waals surface area contributed by atoms with Crippen LogP contribution in [0.5, 0.6) is 5.75 Å². The summed E-state index contributed by atoms with van der Waals surface area (Å²) in [6.45, 7) is 3.13. The fourth-order valence-corrected chi connectivity index (χ4v) is 1.25. The molecule has 1 aromatic rings.